The molecule has 0 bridgehead atoms. The number of carbonyl (C=O) groups is 4. The fourth-order valence-electron chi connectivity index (χ4n) is 8.12. The van der Waals surface area contributed by atoms with Gasteiger partial charge >= 0.3 is 12.1 Å². The number of halogens is 1. The van der Waals surface area contributed by atoms with E-state index in [0.717, 1.165) is 23.4 Å². The minimum atomic E-state index is -3.18. The number of aliphatic hydroxyl groups is 1. The molecule has 302 valence electrons. The van der Waals surface area contributed by atoms with E-state index in [2.05, 4.69) is 10.3 Å². The van der Waals surface area contributed by atoms with Crippen LogP contribution < -0.4 is 11.1 Å². The zero-order valence-corrected chi connectivity index (χ0v) is 33.0. The summed E-state index contributed by atoms with van der Waals surface area (Å²) in [5, 5.41) is 15.0. The number of ketones is 2. The number of ether oxygens (including phenoxy) is 5. The van der Waals surface area contributed by atoms with Crippen molar-refractivity contribution in [2.24, 2.45) is 17.8 Å². The second-order valence-electron chi connectivity index (χ2n) is 16.0. The summed E-state index contributed by atoms with van der Waals surface area (Å²) in [4.78, 5) is 60.6. The lowest BCUT2D eigenvalue weighted by molar-refractivity contribution is -0.297. The Hall–Kier alpha value is -4.02. The van der Waals surface area contributed by atoms with E-state index < -0.39 is 83.6 Å². The molecule has 4 heterocycles. The number of likely N-dealkylation sites (N-methyl/N-ethyl adjacent to an activating group) is 1. The first-order chi connectivity index (χ1) is 25.7. The average Bonchev–Trinajstić information content (AvgIpc) is 3.53. The molecule has 3 saturated heterocycles. The van der Waals surface area contributed by atoms with Crippen molar-refractivity contribution in [1.29, 1.82) is 0 Å². The Bertz CT molecular complexity index is 1790. The number of alkyl carbamates (subject to hydrolysis) is 1. The fraction of sp³-hybridized carbons (Fsp3) is 0.625. The van der Waals surface area contributed by atoms with Gasteiger partial charge in [0.15, 0.2) is 18.2 Å². The van der Waals surface area contributed by atoms with Crippen LogP contribution >= 0.6 is 0 Å². The highest BCUT2D eigenvalue weighted by Gasteiger charge is 2.55. The third kappa shape index (κ3) is 9.01. The minimum Gasteiger partial charge on any atom is -0.456 e. The summed E-state index contributed by atoms with van der Waals surface area (Å²) in [6, 6.07) is 6.02. The smallest absolute Gasteiger partial charge is 0.407 e. The summed E-state index contributed by atoms with van der Waals surface area (Å²) < 4.78 is 46.7. The van der Waals surface area contributed by atoms with Crippen molar-refractivity contribution in [1.82, 2.24) is 15.2 Å². The Balaban J connectivity index is 1.56. The molecular formula is C40H55FN4O10. The number of pyridine rings is 1. The molecule has 55 heavy (non-hydrogen) atoms. The maximum absolute atomic E-state index is 16.6. The fourth-order valence-corrected chi connectivity index (χ4v) is 8.12. The largest absolute Gasteiger partial charge is 0.456 e. The number of nitrogens with two attached hydrogens (primary N) is 1. The number of esters is 1. The molecule has 14 nitrogen and oxygen atoms in total. The molecule has 15 heteroatoms. The predicted octanol–water partition coefficient (Wildman–Crippen LogP) is 4.00. The van der Waals surface area contributed by atoms with Gasteiger partial charge in [-0.1, -0.05) is 32.9 Å². The molecule has 3 fully saturated rings. The van der Waals surface area contributed by atoms with Crippen LogP contribution in [0.4, 0.5) is 14.9 Å². The van der Waals surface area contributed by atoms with E-state index in [9.17, 15) is 24.3 Å². The Morgan fingerprint density at radius 1 is 1.07 bits per heavy atom. The molecule has 13 atom stereocenters. The lowest BCUT2D eigenvalue weighted by atomic mass is 9.75. The van der Waals surface area contributed by atoms with E-state index in [4.69, 9.17) is 29.4 Å². The average molecular weight is 771 g/mol. The number of rotatable bonds is 7. The number of benzene rings is 1. The summed E-state index contributed by atoms with van der Waals surface area (Å²) in [6.45, 7) is 10.4. The van der Waals surface area contributed by atoms with Crippen molar-refractivity contribution >= 4 is 46.3 Å². The van der Waals surface area contributed by atoms with Crippen LogP contribution in [0.3, 0.4) is 0 Å². The van der Waals surface area contributed by atoms with Crippen LogP contribution in [0.5, 0.6) is 0 Å². The van der Waals surface area contributed by atoms with Gasteiger partial charge in [0.25, 0.3) is 5.67 Å². The third-order valence-corrected chi connectivity index (χ3v) is 11.2. The van der Waals surface area contributed by atoms with Crippen molar-refractivity contribution in [3.63, 3.8) is 0 Å². The van der Waals surface area contributed by atoms with Crippen LogP contribution in [0.1, 0.15) is 66.9 Å². The van der Waals surface area contributed by atoms with Crippen LogP contribution in [0.25, 0.3) is 17.0 Å². The van der Waals surface area contributed by atoms with Crippen molar-refractivity contribution in [3.8, 4) is 0 Å². The number of Topliss-reactive ketones (excluding diaryl/α,β-unsaturated/α-hetero) is 2. The monoisotopic (exact) mass is 770 g/mol. The Morgan fingerprint density at radius 3 is 2.47 bits per heavy atom. The number of anilines is 1. The van der Waals surface area contributed by atoms with Gasteiger partial charge in [0.2, 0.25) is 0 Å². The van der Waals surface area contributed by atoms with Gasteiger partial charge in [-0.05, 0) is 84.5 Å². The van der Waals surface area contributed by atoms with Crippen LogP contribution in [-0.2, 0) is 38.1 Å². The number of aliphatic hydroxyl groups excluding tert-OH is 1. The lowest BCUT2D eigenvalue weighted by Gasteiger charge is -2.47. The van der Waals surface area contributed by atoms with Crippen molar-refractivity contribution < 1.29 is 52.4 Å². The molecule has 0 aliphatic carbocycles. The molecule has 1 amide bonds. The Kier molecular flexibility index (Phi) is 12.7. The molecule has 3 unspecified atom stereocenters. The predicted molar refractivity (Wildman–Crippen MR) is 201 cm³/mol. The van der Waals surface area contributed by atoms with Gasteiger partial charge in [-0.3, -0.25) is 14.6 Å². The van der Waals surface area contributed by atoms with Crippen LogP contribution in [-0.4, -0.2) is 119 Å². The molecule has 2 aromatic rings. The van der Waals surface area contributed by atoms with E-state index in [0.29, 0.717) is 12.1 Å². The van der Waals surface area contributed by atoms with Gasteiger partial charge in [-0.15, -0.1) is 0 Å². The highest BCUT2D eigenvalue weighted by Crippen LogP contribution is 2.39. The first-order valence-electron chi connectivity index (χ1n) is 18.8. The molecule has 4 N–H and O–H groups in total. The number of nitrogens with one attached hydrogen (secondary N) is 1. The highest BCUT2D eigenvalue weighted by atomic mass is 19.1. The summed E-state index contributed by atoms with van der Waals surface area (Å²) in [5.41, 5.74) is 3.37. The topological polar surface area (TPSA) is 189 Å². The standard InChI is InChI=1S/C40H55FN4O10/c1-20-18-39(6,51-14-10-11-25-16-26-17-27(42)12-13-28(26)43-19-25)35(55-36-32(47)29(45(8)9)15-21(2)52-36)23(4)34(48)40(7,41)37(49)53-24(5)33-30(22(3)31(20)46)44-38(50)54-33/h10-13,16-17,19-24,29-30,32-33,35-36,47H,14-15,18,42H2,1-9H3,(H,44,50)/b11-10+/t20-,21-,22-,23+,24+,29+,30?,32-,33?,35-,36+,39+,40?/m1/s1. The van der Waals surface area contributed by atoms with E-state index >= 15 is 4.39 Å². The van der Waals surface area contributed by atoms with Gasteiger partial charge in [-0.25, -0.2) is 14.0 Å². The lowest BCUT2D eigenvalue weighted by Crippen LogP contribution is -2.60. The summed E-state index contributed by atoms with van der Waals surface area (Å²) in [7, 11) is 3.63. The molecule has 0 spiro atoms. The molecule has 1 aromatic carbocycles. The number of hydrogen-bond donors (Lipinski definition) is 3. The molecule has 0 saturated carbocycles. The zero-order chi connectivity index (χ0) is 40.6. The summed E-state index contributed by atoms with van der Waals surface area (Å²) >= 11 is 0. The third-order valence-electron chi connectivity index (χ3n) is 11.2. The van der Waals surface area contributed by atoms with Crippen molar-refractivity contribution in [2.45, 2.75) is 121 Å². The second kappa shape index (κ2) is 16.6. The second-order valence-corrected chi connectivity index (χ2v) is 16.0. The highest BCUT2D eigenvalue weighted by molar-refractivity contribution is 6.07. The Morgan fingerprint density at radius 2 is 1.78 bits per heavy atom. The van der Waals surface area contributed by atoms with E-state index in [-0.39, 0.29) is 31.0 Å². The van der Waals surface area contributed by atoms with Crippen LogP contribution in [0.15, 0.2) is 36.5 Å². The zero-order valence-electron chi connectivity index (χ0n) is 33.0. The van der Waals surface area contributed by atoms with Crippen LogP contribution in [0.2, 0.25) is 0 Å². The van der Waals surface area contributed by atoms with Gasteiger partial charge in [0.05, 0.1) is 36.0 Å². The SMILES string of the molecule is C[C@@H]1C[C@H](N(C)C)[C@@H](O)[C@H](O[C@@H]2[C@@H](C)C(=O)C(C)(F)C(=O)O[C@@H](C)C3OC(=O)NC3[C@@H](C)C(=O)[C@H](C)C[C@]2(C)OC/C=C/c2cnc3ccc(N)cc3c2)O1. The molecular weight excluding hydrogens is 715 g/mol. The minimum absolute atomic E-state index is 0.0478. The number of carbonyl (C=O) groups excluding carboxylic acids is 4. The normalized spacial score (nSPS) is 38.1. The Labute approximate surface area is 321 Å². The van der Waals surface area contributed by atoms with Gasteiger partial charge in [-0.2, -0.15) is 0 Å². The van der Waals surface area contributed by atoms with Crippen molar-refractivity contribution in [3.05, 3.63) is 42.1 Å². The maximum Gasteiger partial charge on any atom is 0.407 e. The summed E-state index contributed by atoms with van der Waals surface area (Å²) in [5.74, 6) is -5.95. The molecule has 3 aliphatic rings. The number of fused-ring (bicyclic) bond motifs is 2. The molecule has 5 rings (SSSR count). The molecule has 0 radical (unpaired) electrons. The first kappa shape index (κ1) is 42.1. The quantitative estimate of drug-likeness (QED) is 0.208. The van der Waals surface area contributed by atoms with E-state index in [1.54, 1.807) is 45.2 Å². The van der Waals surface area contributed by atoms with Gasteiger partial charge in [0, 0.05) is 41.1 Å². The van der Waals surface area contributed by atoms with Crippen LogP contribution in [0, 0.1) is 17.8 Å². The number of amides is 1. The molecule has 3 aliphatic heterocycles. The molecule has 1 aromatic heterocycles. The van der Waals surface area contributed by atoms with E-state index in [1.165, 1.54) is 13.8 Å². The number of nitrogen functional groups attached to an aromatic ring is 1. The number of aromatic nitrogens is 1. The number of alkyl halides is 1. The number of hydrogen-bond acceptors (Lipinski definition) is 13. The van der Waals surface area contributed by atoms with Gasteiger partial charge < -0.3 is 44.7 Å². The van der Waals surface area contributed by atoms with E-state index in [1.807, 2.05) is 44.1 Å². The van der Waals surface area contributed by atoms with Gasteiger partial charge in [0.1, 0.15) is 18.0 Å². The maximum atomic E-state index is 16.6. The number of nitrogens with zero attached hydrogens (tertiary/aromatic N) is 2. The first-order valence-corrected chi connectivity index (χ1v) is 18.8. The number of cyclic esters (lactones) is 1. The van der Waals surface area contributed by atoms with Crippen molar-refractivity contribution in [2.75, 3.05) is 26.4 Å². The summed E-state index contributed by atoms with van der Waals surface area (Å²) in [6.07, 6.45) is -1.73.